The number of benzene rings is 1. The molecule has 8 nitrogen and oxygen atoms in total. The molecule has 8 heteroatoms. The molecule has 2 heterocycles. The van der Waals surface area contributed by atoms with Crippen LogP contribution in [0.3, 0.4) is 0 Å². The van der Waals surface area contributed by atoms with Crippen molar-refractivity contribution in [3.05, 3.63) is 30.2 Å². The summed E-state index contributed by atoms with van der Waals surface area (Å²) in [5, 5.41) is 15.8. The summed E-state index contributed by atoms with van der Waals surface area (Å²) in [4.78, 5) is 19.2. The first-order valence-corrected chi connectivity index (χ1v) is 8.78. The minimum absolute atomic E-state index is 0.0222. The van der Waals surface area contributed by atoms with Crippen LogP contribution in [0.5, 0.6) is 0 Å². The number of nitrogens with zero attached hydrogens (tertiary/aromatic N) is 1. The number of aromatic nitrogens is 2. The highest BCUT2D eigenvalue weighted by Crippen LogP contribution is 2.32. The van der Waals surface area contributed by atoms with Gasteiger partial charge in [0.15, 0.2) is 0 Å². The highest BCUT2D eigenvalue weighted by Gasteiger charge is 2.18. The number of carbonyl (C=O) groups excluding carboxylic acids is 1. The summed E-state index contributed by atoms with van der Waals surface area (Å²) >= 11 is 0. The number of methoxy groups -OCH3 is 1. The van der Waals surface area contributed by atoms with Crippen LogP contribution in [0.4, 0.5) is 16.2 Å². The highest BCUT2D eigenvalue weighted by atomic mass is 16.5. The second-order valence-corrected chi connectivity index (χ2v) is 6.47. The number of amides is 1. The van der Waals surface area contributed by atoms with Crippen LogP contribution in [-0.4, -0.2) is 40.9 Å². The maximum atomic E-state index is 11.5. The number of carbonyl (C=O) groups is 1. The predicted octanol–water partition coefficient (Wildman–Crippen LogP) is 2.60. The first-order chi connectivity index (χ1) is 12.6. The van der Waals surface area contributed by atoms with Crippen molar-refractivity contribution in [3.63, 3.8) is 0 Å². The number of fused-ring (bicyclic) bond motifs is 4. The molecule has 1 aliphatic rings. The van der Waals surface area contributed by atoms with E-state index < -0.39 is 6.09 Å². The van der Waals surface area contributed by atoms with E-state index in [-0.39, 0.29) is 18.7 Å². The molecule has 6 N–H and O–H groups in total. The Morgan fingerprint density at radius 2 is 2.23 bits per heavy atom. The van der Waals surface area contributed by atoms with Gasteiger partial charge in [-0.15, -0.1) is 0 Å². The molecule has 2 aromatic rings. The molecule has 1 aliphatic heterocycles. The Morgan fingerprint density at radius 1 is 1.42 bits per heavy atom. The van der Waals surface area contributed by atoms with Crippen molar-refractivity contribution < 1.29 is 14.6 Å². The van der Waals surface area contributed by atoms with Gasteiger partial charge in [0.2, 0.25) is 0 Å². The Labute approximate surface area is 152 Å². The zero-order chi connectivity index (χ0) is 18.5. The minimum Gasteiger partial charge on any atom is -0.453 e. The molecular weight excluding hydrogens is 334 g/mol. The first kappa shape index (κ1) is 18.2. The predicted molar refractivity (Wildman–Crippen MR) is 99.9 cm³/mol. The Morgan fingerprint density at radius 3 is 3.00 bits per heavy atom. The third-order valence-electron chi connectivity index (χ3n) is 4.59. The van der Waals surface area contributed by atoms with Crippen molar-refractivity contribution in [1.29, 1.82) is 0 Å². The van der Waals surface area contributed by atoms with Crippen LogP contribution in [0.1, 0.15) is 37.5 Å². The van der Waals surface area contributed by atoms with E-state index in [2.05, 4.69) is 25.3 Å². The van der Waals surface area contributed by atoms with Crippen LogP contribution in [0.15, 0.2) is 24.4 Å². The van der Waals surface area contributed by atoms with Crippen molar-refractivity contribution in [2.45, 2.75) is 37.8 Å². The number of aromatic amines is 1. The molecule has 1 amide bonds. The van der Waals surface area contributed by atoms with Gasteiger partial charge in [-0.2, -0.15) is 0 Å². The molecule has 2 bridgehead atoms. The number of H-pyrrole nitrogens is 1. The van der Waals surface area contributed by atoms with Gasteiger partial charge in [-0.25, -0.2) is 9.78 Å². The fourth-order valence-electron chi connectivity index (χ4n) is 3.13. The van der Waals surface area contributed by atoms with Gasteiger partial charge in [0.05, 0.1) is 31.6 Å². The third-order valence-corrected chi connectivity index (χ3v) is 4.59. The molecule has 0 radical (unpaired) electrons. The average molecular weight is 359 g/mol. The number of nitrogens with two attached hydrogens (primary N) is 1. The van der Waals surface area contributed by atoms with Crippen LogP contribution >= 0.6 is 0 Å². The number of imidazole rings is 1. The number of aliphatic hydroxyl groups excluding tert-OH is 1. The molecule has 0 fully saturated rings. The van der Waals surface area contributed by atoms with Crippen LogP contribution < -0.4 is 16.4 Å². The monoisotopic (exact) mass is 359 g/mol. The number of hydrogen-bond donors (Lipinski definition) is 5. The van der Waals surface area contributed by atoms with E-state index in [0.717, 1.165) is 48.5 Å². The Hall–Kier alpha value is -2.58. The normalized spacial score (nSPS) is 20.1. The molecule has 140 valence electrons. The van der Waals surface area contributed by atoms with E-state index in [4.69, 9.17) is 5.73 Å². The summed E-state index contributed by atoms with van der Waals surface area (Å²) in [7, 11) is 1.32. The lowest BCUT2D eigenvalue weighted by Crippen LogP contribution is -2.24. The Balaban J connectivity index is 2.00. The lowest BCUT2D eigenvalue weighted by molar-refractivity contribution is 0.187. The molecule has 3 rings (SSSR count). The van der Waals surface area contributed by atoms with Gasteiger partial charge in [-0.1, -0.05) is 12.8 Å². The fourth-order valence-corrected chi connectivity index (χ4v) is 3.13. The van der Waals surface area contributed by atoms with Crippen molar-refractivity contribution in [2.75, 3.05) is 24.4 Å². The fraction of sp³-hybridized carbons (Fsp3) is 0.444. The Bertz CT molecular complexity index is 761. The zero-order valence-corrected chi connectivity index (χ0v) is 14.8. The average Bonchev–Trinajstić information content (AvgIpc) is 3.13. The molecule has 1 aromatic heterocycles. The smallest absolute Gasteiger partial charge is 0.411 e. The standard InChI is InChI=1S/C18H25N5O3/c1-26-18(25)22-11-6-7-13-15(8-11)21-12(10-24)4-2-3-5-14(19)17-20-9-16(13)23-17/h6-9,12,14,21,24H,2-5,10,19H2,1H3,(H,20,23)(H,22,25). The van der Waals surface area contributed by atoms with Crippen molar-refractivity contribution in [1.82, 2.24) is 9.97 Å². The minimum atomic E-state index is -0.536. The van der Waals surface area contributed by atoms with E-state index in [9.17, 15) is 9.90 Å². The highest BCUT2D eigenvalue weighted by molar-refractivity contribution is 5.88. The molecule has 2 atom stereocenters. The maximum Gasteiger partial charge on any atom is 0.411 e. The number of rotatable bonds is 2. The largest absolute Gasteiger partial charge is 0.453 e. The summed E-state index contributed by atoms with van der Waals surface area (Å²) in [5.41, 5.74) is 9.35. The van der Waals surface area contributed by atoms with Gasteiger partial charge >= 0.3 is 6.09 Å². The van der Waals surface area contributed by atoms with Crippen molar-refractivity contribution >= 4 is 17.5 Å². The second kappa shape index (κ2) is 8.20. The number of aliphatic hydroxyl groups is 1. The number of nitrogens with one attached hydrogen (secondary N) is 3. The van der Waals surface area contributed by atoms with Crippen LogP contribution in [-0.2, 0) is 4.74 Å². The number of hydrogen-bond acceptors (Lipinski definition) is 6. The molecule has 0 saturated carbocycles. The van der Waals surface area contributed by atoms with E-state index in [1.807, 2.05) is 12.1 Å². The summed E-state index contributed by atoms with van der Waals surface area (Å²) in [6.07, 6.45) is 4.82. The van der Waals surface area contributed by atoms with Gasteiger partial charge in [0, 0.05) is 23.0 Å². The van der Waals surface area contributed by atoms with Gasteiger partial charge in [0.1, 0.15) is 5.82 Å². The van der Waals surface area contributed by atoms with Gasteiger partial charge < -0.3 is 25.9 Å². The third kappa shape index (κ3) is 4.14. The Kier molecular flexibility index (Phi) is 5.75. The molecule has 1 aromatic carbocycles. The zero-order valence-electron chi connectivity index (χ0n) is 14.8. The maximum absolute atomic E-state index is 11.5. The summed E-state index contributed by atoms with van der Waals surface area (Å²) in [6.45, 7) is 0.0222. The van der Waals surface area contributed by atoms with E-state index in [1.165, 1.54) is 7.11 Å². The summed E-state index contributed by atoms with van der Waals surface area (Å²) in [6, 6.07) is 5.28. The molecule has 2 unspecified atom stereocenters. The van der Waals surface area contributed by atoms with Crippen LogP contribution in [0, 0.1) is 0 Å². The number of ether oxygens (including phenoxy) is 1. The van der Waals surface area contributed by atoms with Crippen LogP contribution in [0.2, 0.25) is 0 Å². The van der Waals surface area contributed by atoms with E-state index in [0.29, 0.717) is 5.69 Å². The van der Waals surface area contributed by atoms with Gasteiger partial charge in [-0.05, 0) is 31.0 Å². The topological polar surface area (TPSA) is 125 Å². The van der Waals surface area contributed by atoms with Gasteiger partial charge in [-0.3, -0.25) is 5.32 Å². The second-order valence-electron chi connectivity index (χ2n) is 6.47. The molecule has 0 aliphatic carbocycles. The van der Waals surface area contributed by atoms with Crippen LogP contribution in [0.25, 0.3) is 11.3 Å². The molecule has 0 spiro atoms. The molecule has 26 heavy (non-hydrogen) atoms. The summed E-state index contributed by atoms with van der Waals surface area (Å²) < 4.78 is 4.65. The quantitative estimate of drug-likeness (QED) is 0.561. The van der Waals surface area contributed by atoms with Crippen molar-refractivity contribution in [2.24, 2.45) is 5.73 Å². The van der Waals surface area contributed by atoms with E-state index >= 15 is 0 Å². The molecule has 0 saturated heterocycles. The SMILES string of the molecule is COC(=O)Nc1ccc2c(c1)NC(CO)CCCCC(N)c1ncc-2[nH]1. The lowest BCUT2D eigenvalue weighted by Gasteiger charge is -2.21. The van der Waals surface area contributed by atoms with E-state index in [1.54, 1.807) is 12.3 Å². The van der Waals surface area contributed by atoms with Gasteiger partial charge in [0.25, 0.3) is 0 Å². The van der Waals surface area contributed by atoms with Crippen molar-refractivity contribution in [3.8, 4) is 11.3 Å². The summed E-state index contributed by atoms with van der Waals surface area (Å²) in [5.74, 6) is 0.766. The molecular formula is C18H25N5O3. The lowest BCUT2D eigenvalue weighted by atomic mass is 10.0. The first-order valence-electron chi connectivity index (χ1n) is 8.78. The number of anilines is 2.